The van der Waals surface area contributed by atoms with Crippen LogP contribution in [0.25, 0.3) is 5.52 Å². The van der Waals surface area contributed by atoms with Crippen molar-refractivity contribution in [3.63, 3.8) is 0 Å². The van der Waals surface area contributed by atoms with E-state index in [0.717, 1.165) is 43.7 Å². The summed E-state index contributed by atoms with van der Waals surface area (Å²) in [5, 5.41) is 0. The van der Waals surface area contributed by atoms with Crippen molar-refractivity contribution in [2.45, 2.75) is 46.0 Å². The molecule has 0 aromatic carbocycles. The van der Waals surface area contributed by atoms with Crippen molar-refractivity contribution in [2.75, 3.05) is 23.8 Å². The van der Waals surface area contributed by atoms with Gasteiger partial charge in [-0.2, -0.15) is 4.68 Å². The Balaban J connectivity index is 1.91. The Hall–Kier alpha value is -2.31. The summed E-state index contributed by atoms with van der Waals surface area (Å²) in [5.41, 5.74) is 1.38. The fourth-order valence-electron chi connectivity index (χ4n) is 4.05. The predicted octanol–water partition coefficient (Wildman–Crippen LogP) is 1.24. The summed E-state index contributed by atoms with van der Waals surface area (Å²) in [6.45, 7) is 8.40. The van der Waals surface area contributed by atoms with Crippen LogP contribution in [0, 0.1) is 18.8 Å². The lowest BCUT2D eigenvalue weighted by atomic mass is 9.95. The van der Waals surface area contributed by atoms with E-state index in [4.69, 9.17) is 5.84 Å². The Morgan fingerprint density at radius 2 is 1.96 bits per heavy atom. The molecule has 1 saturated heterocycles. The van der Waals surface area contributed by atoms with E-state index in [1.54, 1.807) is 0 Å². The maximum absolute atomic E-state index is 12.6. The van der Waals surface area contributed by atoms with Crippen LogP contribution < -0.4 is 22.0 Å². The maximum Gasteiger partial charge on any atom is 0.355 e. The zero-order valence-electron chi connectivity index (χ0n) is 15.0. The van der Waals surface area contributed by atoms with Crippen LogP contribution in [-0.2, 0) is 0 Å². The number of hydrogen-bond acceptors (Lipinski definition) is 5. The van der Waals surface area contributed by atoms with Gasteiger partial charge in [0.1, 0.15) is 12.1 Å². The lowest BCUT2D eigenvalue weighted by Crippen LogP contribution is -2.44. The summed E-state index contributed by atoms with van der Waals surface area (Å²) < 4.78 is 2.15. The van der Waals surface area contributed by atoms with Crippen molar-refractivity contribution >= 4 is 11.3 Å². The first kappa shape index (κ1) is 16.2. The predicted molar refractivity (Wildman–Crippen MR) is 97.7 cm³/mol. The van der Waals surface area contributed by atoms with E-state index in [2.05, 4.69) is 23.7 Å². The molecule has 0 radical (unpaired) electrons. The van der Waals surface area contributed by atoms with Crippen LogP contribution in [0.4, 0.5) is 5.82 Å². The van der Waals surface area contributed by atoms with E-state index >= 15 is 0 Å². The minimum Gasteiger partial charge on any atom is -0.356 e. The first-order chi connectivity index (χ1) is 11.9. The van der Waals surface area contributed by atoms with Gasteiger partial charge in [0.05, 0.1) is 5.52 Å². The molecule has 0 unspecified atom stereocenters. The van der Waals surface area contributed by atoms with E-state index in [-0.39, 0.29) is 11.5 Å². The second-order valence-corrected chi connectivity index (χ2v) is 7.80. The Bertz CT molecular complexity index is 955. The van der Waals surface area contributed by atoms with Crippen molar-refractivity contribution in [1.29, 1.82) is 0 Å². The quantitative estimate of drug-likeness (QED) is 0.848. The van der Waals surface area contributed by atoms with Gasteiger partial charge in [-0.15, -0.1) is 0 Å². The van der Waals surface area contributed by atoms with E-state index in [0.29, 0.717) is 27.6 Å². The van der Waals surface area contributed by atoms with Crippen molar-refractivity contribution in [1.82, 2.24) is 14.1 Å². The highest BCUT2D eigenvalue weighted by Crippen LogP contribution is 2.41. The molecule has 4 rings (SSSR count). The summed E-state index contributed by atoms with van der Waals surface area (Å²) in [6.07, 6.45) is 4.62. The molecule has 1 aliphatic heterocycles. The first-order valence-electron chi connectivity index (χ1n) is 9.07. The molecule has 2 aromatic heterocycles. The van der Waals surface area contributed by atoms with Gasteiger partial charge < -0.3 is 10.7 Å². The van der Waals surface area contributed by atoms with E-state index in [1.807, 2.05) is 6.92 Å². The van der Waals surface area contributed by atoms with Crippen LogP contribution in [0.3, 0.4) is 0 Å². The number of aryl methyl sites for hydroxylation is 1. The summed E-state index contributed by atoms with van der Waals surface area (Å²) in [4.78, 5) is 31.9. The lowest BCUT2D eigenvalue weighted by Gasteiger charge is -2.22. The summed E-state index contributed by atoms with van der Waals surface area (Å²) in [5.74, 6) is 8.09. The largest absolute Gasteiger partial charge is 0.356 e. The fourth-order valence-corrected chi connectivity index (χ4v) is 4.05. The molecule has 2 aromatic rings. The molecule has 134 valence electrons. The van der Waals surface area contributed by atoms with Crippen molar-refractivity contribution in [3.8, 4) is 0 Å². The Labute approximate surface area is 146 Å². The third kappa shape index (κ3) is 2.44. The maximum atomic E-state index is 12.6. The van der Waals surface area contributed by atoms with E-state index in [1.165, 1.54) is 10.7 Å². The second-order valence-electron chi connectivity index (χ2n) is 7.80. The summed E-state index contributed by atoms with van der Waals surface area (Å²) >= 11 is 0. The van der Waals surface area contributed by atoms with Gasteiger partial charge >= 0.3 is 5.69 Å². The van der Waals surface area contributed by atoms with Gasteiger partial charge in [-0.05, 0) is 43.9 Å². The number of nitrogen functional groups attached to an aromatic ring is 1. The van der Waals surface area contributed by atoms with Crippen molar-refractivity contribution in [2.24, 2.45) is 11.8 Å². The Morgan fingerprint density at radius 3 is 2.56 bits per heavy atom. The lowest BCUT2D eigenvalue weighted by molar-refractivity contribution is 0.422. The smallest absolute Gasteiger partial charge is 0.355 e. The number of nitrogens with zero attached hydrogens (tertiary/aromatic N) is 4. The number of anilines is 1. The summed E-state index contributed by atoms with van der Waals surface area (Å²) in [7, 11) is 0. The van der Waals surface area contributed by atoms with E-state index < -0.39 is 5.69 Å². The molecule has 2 fully saturated rings. The zero-order valence-corrected chi connectivity index (χ0v) is 15.0. The molecular weight excluding hydrogens is 318 g/mol. The number of aromatic nitrogens is 3. The molecular formula is C18H25N5O2. The highest BCUT2D eigenvalue weighted by Gasteiger charge is 2.33. The number of rotatable bonds is 3. The first-order valence-corrected chi connectivity index (χ1v) is 9.07. The molecule has 0 amide bonds. The molecule has 3 heterocycles. The number of nitrogens with two attached hydrogens (primary N) is 1. The normalized spacial score (nSPS) is 20.8. The molecule has 1 atom stereocenters. The summed E-state index contributed by atoms with van der Waals surface area (Å²) in [6, 6.07) is 0. The average Bonchev–Trinajstić information content (AvgIpc) is 3.29. The van der Waals surface area contributed by atoms with Gasteiger partial charge in [0.25, 0.3) is 5.56 Å². The molecule has 0 spiro atoms. The van der Waals surface area contributed by atoms with Gasteiger partial charge in [-0.3, -0.25) is 4.79 Å². The number of fused-ring (bicyclic) bond motifs is 1. The SMILES string of the molecule is Cc1c(N2CC[C@@H](C(C)C)C2)ncn2c(=O)n(N)c(=O)c(C3CC3)c12. The van der Waals surface area contributed by atoms with Crippen LogP contribution in [0.1, 0.15) is 50.2 Å². The zero-order chi connectivity index (χ0) is 17.9. The average molecular weight is 343 g/mol. The second kappa shape index (κ2) is 5.61. The van der Waals surface area contributed by atoms with Gasteiger partial charge in [0, 0.05) is 24.2 Å². The van der Waals surface area contributed by atoms with Gasteiger partial charge in [0.15, 0.2) is 0 Å². The topological polar surface area (TPSA) is 85.6 Å². The monoisotopic (exact) mass is 343 g/mol. The van der Waals surface area contributed by atoms with Crippen LogP contribution in [0.2, 0.25) is 0 Å². The Kier molecular flexibility index (Phi) is 3.63. The minimum absolute atomic E-state index is 0.203. The molecule has 25 heavy (non-hydrogen) atoms. The molecule has 7 nitrogen and oxygen atoms in total. The Morgan fingerprint density at radius 1 is 1.24 bits per heavy atom. The molecule has 2 N–H and O–H groups in total. The van der Waals surface area contributed by atoms with Gasteiger partial charge in [-0.25, -0.2) is 14.2 Å². The minimum atomic E-state index is -0.534. The van der Waals surface area contributed by atoms with Crippen molar-refractivity contribution < 1.29 is 0 Å². The van der Waals surface area contributed by atoms with Crippen molar-refractivity contribution in [3.05, 3.63) is 38.3 Å². The molecule has 1 aliphatic carbocycles. The molecule has 2 aliphatic rings. The number of hydrogen-bond donors (Lipinski definition) is 1. The highest BCUT2D eigenvalue weighted by molar-refractivity contribution is 5.69. The fraction of sp³-hybridized carbons (Fsp3) is 0.611. The third-order valence-electron chi connectivity index (χ3n) is 5.80. The highest BCUT2D eigenvalue weighted by atomic mass is 16.2. The van der Waals surface area contributed by atoms with Gasteiger partial charge in [0.2, 0.25) is 0 Å². The standard InChI is InChI=1S/C18H25N5O2/c1-10(2)13-6-7-21(8-13)16-11(3)15-14(12-4-5-12)17(24)23(19)18(25)22(15)9-20-16/h9-10,12-13H,4-8,19H2,1-3H3/t13-/m1/s1. The van der Waals surface area contributed by atoms with Crippen LogP contribution in [0.5, 0.6) is 0 Å². The molecule has 1 saturated carbocycles. The third-order valence-corrected chi connectivity index (χ3v) is 5.80. The van der Waals surface area contributed by atoms with Gasteiger partial charge in [-0.1, -0.05) is 13.8 Å². The molecule has 0 bridgehead atoms. The molecule has 7 heteroatoms. The van der Waals surface area contributed by atoms with E-state index in [9.17, 15) is 9.59 Å². The van der Waals surface area contributed by atoms with Crippen LogP contribution in [0.15, 0.2) is 15.9 Å². The van der Waals surface area contributed by atoms with Crippen LogP contribution in [-0.4, -0.2) is 27.2 Å². The van der Waals surface area contributed by atoms with Crippen LogP contribution >= 0.6 is 0 Å².